The zero-order chi connectivity index (χ0) is 10.7. The summed E-state index contributed by atoms with van der Waals surface area (Å²) >= 11 is 0. The topological polar surface area (TPSA) is 55.6 Å². The van der Waals surface area contributed by atoms with Gasteiger partial charge in [-0.3, -0.25) is 4.79 Å². The van der Waals surface area contributed by atoms with E-state index in [1.165, 1.54) is 6.42 Å². The average Bonchev–Trinajstić information content (AvgIpc) is 2.81. The molecule has 0 aromatic heterocycles. The number of nitrogens with two attached hydrogens (primary N) is 1. The van der Waals surface area contributed by atoms with Crippen molar-refractivity contribution >= 4 is 5.91 Å². The maximum absolute atomic E-state index is 12.1. The van der Waals surface area contributed by atoms with E-state index in [2.05, 4.69) is 0 Å². The molecular formula is C11H20N2O2. The molecule has 0 aromatic rings. The second-order valence-corrected chi connectivity index (χ2v) is 4.42. The van der Waals surface area contributed by atoms with Crippen LogP contribution in [0.4, 0.5) is 0 Å². The molecule has 2 rings (SSSR count). The van der Waals surface area contributed by atoms with Crippen LogP contribution >= 0.6 is 0 Å². The summed E-state index contributed by atoms with van der Waals surface area (Å²) < 4.78 is 5.43. The summed E-state index contributed by atoms with van der Waals surface area (Å²) in [4.78, 5) is 14.1. The quantitative estimate of drug-likeness (QED) is 0.725. The van der Waals surface area contributed by atoms with E-state index >= 15 is 0 Å². The Hall–Kier alpha value is -0.610. The summed E-state index contributed by atoms with van der Waals surface area (Å²) in [7, 11) is 0. The van der Waals surface area contributed by atoms with Gasteiger partial charge in [0.05, 0.1) is 0 Å². The van der Waals surface area contributed by atoms with Gasteiger partial charge in [0.25, 0.3) is 5.91 Å². The lowest BCUT2D eigenvalue weighted by atomic mass is 10.0. The fourth-order valence-electron chi connectivity index (χ4n) is 2.49. The summed E-state index contributed by atoms with van der Waals surface area (Å²) in [6, 6.07) is 0.246. The van der Waals surface area contributed by atoms with Gasteiger partial charge in [-0.25, -0.2) is 0 Å². The average molecular weight is 212 g/mol. The van der Waals surface area contributed by atoms with Crippen LogP contribution in [0.5, 0.6) is 0 Å². The van der Waals surface area contributed by atoms with Gasteiger partial charge in [0.2, 0.25) is 0 Å². The minimum Gasteiger partial charge on any atom is -0.368 e. The van der Waals surface area contributed by atoms with E-state index in [1.807, 2.05) is 4.90 Å². The third-order valence-electron chi connectivity index (χ3n) is 3.39. The molecule has 0 spiro atoms. The number of carbonyl (C=O) groups excluding carboxylic acids is 1. The second kappa shape index (κ2) is 4.94. The predicted octanol–water partition coefficient (Wildman–Crippen LogP) is 0.505. The van der Waals surface area contributed by atoms with Crippen LogP contribution in [0.3, 0.4) is 0 Å². The van der Waals surface area contributed by atoms with Crippen molar-refractivity contribution in [1.29, 1.82) is 0 Å². The Labute approximate surface area is 90.8 Å². The summed E-state index contributed by atoms with van der Waals surface area (Å²) in [5.41, 5.74) is 5.70. The molecule has 0 bridgehead atoms. The monoisotopic (exact) mass is 212 g/mol. The van der Waals surface area contributed by atoms with Crippen LogP contribution in [0, 0.1) is 0 Å². The first kappa shape index (κ1) is 10.9. The molecule has 2 unspecified atom stereocenters. The van der Waals surface area contributed by atoms with Crippen molar-refractivity contribution in [3.63, 3.8) is 0 Å². The lowest BCUT2D eigenvalue weighted by molar-refractivity contribution is -0.144. The number of rotatable bonds is 2. The zero-order valence-corrected chi connectivity index (χ0v) is 9.15. The number of piperidine rings is 1. The molecule has 2 atom stereocenters. The third-order valence-corrected chi connectivity index (χ3v) is 3.39. The third kappa shape index (κ3) is 2.32. The molecule has 4 heteroatoms. The Morgan fingerprint density at radius 1 is 1.33 bits per heavy atom. The lowest BCUT2D eigenvalue weighted by Gasteiger charge is -2.36. The minimum absolute atomic E-state index is 0.169. The molecule has 2 aliphatic rings. The first-order chi connectivity index (χ1) is 7.33. The summed E-state index contributed by atoms with van der Waals surface area (Å²) in [6.07, 6.45) is 5.06. The van der Waals surface area contributed by atoms with E-state index in [0.29, 0.717) is 6.54 Å². The Balaban J connectivity index is 1.96. The number of hydrogen-bond donors (Lipinski definition) is 1. The Morgan fingerprint density at radius 3 is 2.87 bits per heavy atom. The number of nitrogens with zero attached hydrogens (tertiary/aromatic N) is 1. The molecule has 0 radical (unpaired) electrons. The van der Waals surface area contributed by atoms with Crippen molar-refractivity contribution < 1.29 is 9.53 Å². The first-order valence-corrected chi connectivity index (χ1v) is 5.95. The van der Waals surface area contributed by atoms with Gasteiger partial charge in [0, 0.05) is 25.7 Å². The first-order valence-electron chi connectivity index (χ1n) is 5.95. The molecule has 2 fully saturated rings. The number of carbonyl (C=O) groups is 1. The smallest absolute Gasteiger partial charge is 0.251 e. The Bertz CT molecular complexity index is 227. The predicted molar refractivity (Wildman–Crippen MR) is 57.4 cm³/mol. The van der Waals surface area contributed by atoms with Gasteiger partial charge >= 0.3 is 0 Å². The van der Waals surface area contributed by atoms with Crippen LogP contribution in [-0.4, -0.2) is 42.6 Å². The van der Waals surface area contributed by atoms with Gasteiger partial charge in [0.1, 0.15) is 6.10 Å². The number of likely N-dealkylation sites (tertiary alicyclic amines) is 1. The maximum atomic E-state index is 12.1. The maximum Gasteiger partial charge on any atom is 0.251 e. The molecule has 0 saturated carbocycles. The molecule has 4 nitrogen and oxygen atoms in total. The highest BCUT2D eigenvalue weighted by Crippen LogP contribution is 2.21. The van der Waals surface area contributed by atoms with E-state index in [0.717, 1.165) is 38.8 Å². The molecule has 1 amide bonds. The standard InChI is InChI=1S/C11H20N2O2/c12-8-9-4-1-2-6-13(9)11(14)10-5-3-7-15-10/h9-10H,1-8,12H2. The fraction of sp³-hybridized carbons (Fsp3) is 0.909. The van der Waals surface area contributed by atoms with Gasteiger partial charge in [-0.2, -0.15) is 0 Å². The zero-order valence-electron chi connectivity index (χ0n) is 9.15. The molecule has 15 heavy (non-hydrogen) atoms. The van der Waals surface area contributed by atoms with Crippen molar-refractivity contribution in [1.82, 2.24) is 4.90 Å². The number of amides is 1. The van der Waals surface area contributed by atoms with Crippen molar-refractivity contribution in [2.45, 2.75) is 44.2 Å². The molecule has 2 saturated heterocycles. The van der Waals surface area contributed by atoms with Crippen LogP contribution in [0.2, 0.25) is 0 Å². The number of ether oxygens (including phenoxy) is 1. The minimum atomic E-state index is -0.183. The lowest BCUT2D eigenvalue weighted by Crippen LogP contribution is -2.50. The largest absolute Gasteiger partial charge is 0.368 e. The van der Waals surface area contributed by atoms with Crippen LogP contribution < -0.4 is 5.73 Å². The van der Waals surface area contributed by atoms with Gasteiger partial charge < -0.3 is 15.4 Å². The van der Waals surface area contributed by atoms with Crippen molar-refractivity contribution in [3.8, 4) is 0 Å². The van der Waals surface area contributed by atoms with Crippen LogP contribution in [-0.2, 0) is 9.53 Å². The summed E-state index contributed by atoms with van der Waals surface area (Å²) in [5.74, 6) is 0.169. The van der Waals surface area contributed by atoms with E-state index < -0.39 is 0 Å². The Kier molecular flexibility index (Phi) is 3.59. The highest BCUT2D eigenvalue weighted by atomic mass is 16.5. The van der Waals surface area contributed by atoms with Gasteiger partial charge in [-0.05, 0) is 32.1 Å². The molecule has 86 valence electrons. The van der Waals surface area contributed by atoms with Gasteiger partial charge in [-0.15, -0.1) is 0 Å². The number of hydrogen-bond acceptors (Lipinski definition) is 3. The normalized spacial score (nSPS) is 31.9. The van der Waals surface area contributed by atoms with E-state index in [4.69, 9.17) is 10.5 Å². The van der Waals surface area contributed by atoms with Crippen molar-refractivity contribution in [2.24, 2.45) is 5.73 Å². The molecular weight excluding hydrogens is 192 g/mol. The highest BCUT2D eigenvalue weighted by Gasteiger charge is 2.32. The SMILES string of the molecule is NCC1CCCCN1C(=O)C1CCCO1. The van der Waals surface area contributed by atoms with Crippen LogP contribution in [0.25, 0.3) is 0 Å². The highest BCUT2D eigenvalue weighted by molar-refractivity contribution is 5.81. The van der Waals surface area contributed by atoms with Crippen molar-refractivity contribution in [2.75, 3.05) is 19.7 Å². The van der Waals surface area contributed by atoms with E-state index in [1.54, 1.807) is 0 Å². The molecule has 2 N–H and O–H groups in total. The van der Waals surface area contributed by atoms with Crippen LogP contribution in [0.15, 0.2) is 0 Å². The van der Waals surface area contributed by atoms with E-state index in [-0.39, 0.29) is 18.1 Å². The molecule has 0 aromatic carbocycles. The van der Waals surface area contributed by atoms with Crippen LogP contribution in [0.1, 0.15) is 32.1 Å². The Morgan fingerprint density at radius 2 is 2.20 bits per heavy atom. The van der Waals surface area contributed by atoms with Gasteiger partial charge in [-0.1, -0.05) is 0 Å². The molecule has 2 aliphatic heterocycles. The summed E-state index contributed by atoms with van der Waals surface area (Å²) in [5, 5.41) is 0. The second-order valence-electron chi connectivity index (χ2n) is 4.42. The van der Waals surface area contributed by atoms with Crippen molar-refractivity contribution in [3.05, 3.63) is 0 Å². The molecule has 2 heterocycles. The van der Waals surface area contributed by atoms with E-state index in [9.17, 15) is 4.79 Å². The molecule has 0 aliphatic carbocycles. The van der Waals surface area contributed by atoms with Gasteiger partial charge in [0.15, 0.2) is 0 Å². The summed E-state index contributed by atoms with van der Waals surface area (Å²) in [6.45, 7) is 2.18. The fourth-order valence-corrected chi connectivity index (χ4v) is 2.49.